The zero-order valence-electron chi connectivity index (χ0n) is 19.5. The molecule has 1 atom stereocenters. The van der Waals surface area contributed by atoms with E-state index in [0.29, 0.717) is 28.7 Å². The predicted molar refractivity (Wildman–Crippen MR) is 140 cm³/mol. The number of H-pyrrole nitrogens is 1. The molecule has 8 heteroatoms. The Kier molecular flexibility index (Phi) is 6.47. The number of nitrogen functional groups attached to an aromatic ring is 2. The largest absolute Gasteiger partial charge is 0.509 e. The van der Waals surface area contributed by atoms with E-state index in [2.05, 4.69) is 4.98 Å². The lowest BCUT2D eigenvalue weighted by molar-refractivity contribution is -0.00758. The molecule has 7 nitrogen and oxygen atoms in total. The Morgan fingerprint density at radius 3 is 2.09 bits per heavy atom. The first-order valence-electron chi connectivity index (χ1n) is 11.9. The average Bonchev–Trinajstić information content (AvgIpc) is 3.40. The molecule has 2 bridgehead atoms. The molecule has 6 rings (SSSR count). The van der Waals surface area contributed by atoms with Crippen LogP contribution in [0, 0.1) is 5.92 Å². The lowest BCUT2D eigenvalue weighted by Gasteiger charge is -2.53. The highest BCUT2D eigenvalue weighted by atomic mass is 32.3. The molecule has 35 heavy (non-hydrogen) atoms. The SMILES string of the molecule is Nc1ccc(C(OC(=O)O[C@H]2CS3(CC(=O)c4ccc[nH]4)CCC2CC3)c2ccc(N)cc2)cc1. The topological polar surface area (TPSA) is 120 Å². The third-order valence-electron chi connectivity index (χ3n) is 7.16. The normalized spacial score (nSPS) is 25.1. The van der Waals surface area contributed by atoms with Gasteiger partial charge in [-0.05, 0) is 77.8 Å². The number of hydrogen-bond acceptors (Lipinski definition) is 6. The van der Waals surface area contributed by atoms with E-state index in [-0.39, 0.29) is 11.9 Å². The number of nitrogens with two attached hydrogens (primary N) is 2. The van der Waals surface area contributed by atoms with E-state index in [9.17, 15) is 9.59 Å². The second-order valence-electron chi connectivity index (χ2n) is 9.53. The molecular weight excluding hydrogens is 462 g/mol. The second-order valence-corrected chi connectivity index (χ2v) is 13.4. The maximum Gasteiger partial charge on any atom is 0.509 e. The highest BCUT2D eigenvalue weighted by Crippen LogP contribution is 2.60. The molecule has 0 amide bonds. The minimum atomic E-state index is -1.16. The van der Waals surface area contributed by atoms with Crippen LogP contribution < -0.4 is 11.5 Å². The van der Waals surface area contributed by atoms with Crippen molar-refractivity contribution in [3.8, 4) is 0 Å². The van der Waals surface area contributed by atoms with Crippen LogP contribution in [0.1, 0.15) is 40.6 Å². The molecule has 0 radical (unpaired) electrons. The van der Waals surface area contributed by atoms with Crippen LogP contribution in [0.15, 0.2) is 66.9 Å². The van der Waals surface area contributed by atoms with Crippen molar-refractivity contribution in [3.63, 3.8) is 0 Å². The van der Waals surface area contributed by atoms with Gasteiger partial charge in [-0.25, -0.2) is 14.8 Å². The van der Waals surface area contributed by atoms with Gasteiger partial charge in [-0.3, -0.25) is 4.79 Å². The molecule has 4 heterocycles. The summed E-state index contributed by atoms with van der Waals surface area (Å²) in [5.74, 6) is 3.93. The molecule has 3 aromatic rings. The zero-order valence-corrected chi connectivity index (χ0v) is 20.3. The second kappa shape index (κ2) is 9.70. The summed E-state index contributed by atoms with van der Waals surface area (Å²) in [6.07, 6.45) is 2.22. The van der Waals surface area contributed by atoms with E-state index in [1.54, 1.807) is 30.5 Å². The molecule has 0 spiro atoms. The van der Waals surface area contributed by atoms with Crippen molar-refractivity contribution in [1.82, 2.24) is 4.98 Å². The summed E-state index contributed by atoms with van der Waals surface area (Å²) in [7, 11) is -1.16. The van der Waals surface area contributed by atoms with Gasteiger partial charge in [0.15, 0.2) is 11.9 Å². The third kappa shape index (κ3) is 5.17. The summed E-state index contributed by atoms with van der Waals surface area (Å²) in [5, 5.41) is 0. The van der Waals surface area contributed by atoms with Crippen LogP contribution in [0.3, 0.4) is 0 Å². The highest BCUT2D eigenvalue weighted by Gasteiger charge is 2.45. The number of carbonyl (C=O) groups excluding carboxylic acids is 2. The first kappa shape index (κ1) is 23.4. The van der Waals surface area contributed by atoms with E-state index < -0.39 is 22.3 Å². The fourth-order valence-corrected chi connectivity index (χ4v) is 9.48. The molecular formula is C27H31N3O4S. The van der Waals surface area contributed by atoms with Crippen LogP contribution in [0.5, 0.6) is 0 Å². The van der Waals surface area contributed by atoms with Crippen molar-refractivity contribution in [2.75, 3.05) is 34.5 Å². The lowest BCUT2D eigenvalue weighted by atomic mass is 9.96. The van der Waals surface area contributed by atoms with Crippen LogP contribution in [0.4, 0.5) is 16.2 Å². The van der Waals surface area contributed by atoms with Crippen molar-refractivity contribution in [3.05, 3.63) is 83.7 Å². The van der Waals surface area contributed by atoms with Crippen LogP contribution in [-0.4, -0.2) is 46.0 Å². The number of anilines is 2. The molecule has 3 fully saturated rings. The zero-order chi connectivity index (χ0) is 24.4. The standard InChI is InChI=1S/C27H31N3O4S/c28-21-7-3-19(4-8-21)26(20-5-9-22(29)10-6-20)34-27(32)33-25-17-35(14-11-18(25)12-15-35)16-24(31)23-2-1-13-30-23/h1-10,13,18,25-26,30H,11-12,14-17,28-29H2/t25-/m0/s1. The van der Waals surface area contributed by atoms with Gasteiger partial charge in [0, 0.05) is 29.1 Å². The number of ether oxygens (including phenoxy) is 2. The summed E-state index contributed by atoms with van der Waals surface area (Å²) in [5.41, 5.74) is 15.2. The summed E-state index contributed by atoms with van der Waals surface area (Å²) in [6, 6.07) is 18.2. The fraction of sp³-hybridized carbons (Fsp3) is 0.333. The van der Waals surface area contributed by atoms with Crippen LogP contribution in [-0.2, 0) is 9.47 Å². The van der Waals surface area contributed by atoms with Crippen molar-refractivity contribution in [2.24, 2.45) is 5.92 Å². The number of aromatic amines is 1. The molecule has 0 aliphatic carbocycles. The Balaban J connectivity index is 1.29. The minimum Gasteiger partial charge on any atom is -0.430 e. The van der Waals surface area contributed by atoms with Crippen LogP contribution in [0.25, 0.3) is 0 Å². The number of rotatable bonds is 7. The van der Waals surface area contributed by atoms with Gasteiger partial charge >= 0.3 is 6.16 Å². The summed E-state index contributed by atoms with van der Waals surface area (Å²) in [6.45, 7) is 0. The number of aromatic nitrogens is 1. The van der Waals surface area contributed by atoms with E-state index in [4.69, 9.17) is 20.9 Å². The number of carbonyl (C=O) groups is 2. The van der Waals surface area contributed by atoms with Gasteiger partial charge in [0.25, 0.3) is 0 Å². The molecule has 1 aromatic heterocycles. The van der Waals surface area contributed by atoms with Crippen molar-refractivity contribution < 1.29 is 19.1 Å². The molecule has 3 aliphatic heterocycles. The molecule has 3 saturated heterocycles. The van der Waals surface area contributed by atoms with E-state index in [0.717, 1.165) is 41.2 Å². The smallest absolute Gasteiger partial charge is 0.430 e. The Morgan fingerprint density at radius 1 is 0.943 bits per heavy atom. The van der Waals surface area contributed by atoms with Gasteiger partial charge in [0.1, 0.15) is 6.10 Å². The van der Waals surface area contributed by atoms with Crippen molar-refractivity contribution in [2.45, 2.75) is 25.0 Å². The predicted octanol–water partition coefficient (Wildman–Crippen LogP) is 4.90. The number of hydrogen-bond donors (Lipinski definition) is 3. The Labute approximate surface area is 206 Å². The van der Waals surface area contributed by atoms with E-state index in [1.165, 1.54) is 0 Å². The van der Waals surface area contributed by atoms with Crippen molar-refractivity contribution in [1.29, 1.82) is 0 Å². The minimum absolute atomic E-state index is 0.151. The van der Waals surface area contributed by atoms with Crippen LogP contribution >= 0.6 is 10.0 Å². The molecule has 2 aromatic carbocycles. The first-order valence-corrected chi connectivity index (χ1v) is 14.2. The first-order chi connectivity index (χ1) is 16.9. The van der Waals surface area contributed by atoms with Gasteiger partial charge in [-0.1, -0.05) is 24.3 Å². The van der Waals surface area contributed by atoms with Gasteiger partial charge in [-0.15, -0.1) is 0 Å². The van der Waals surface area contributed by atoms with E-state index >= 15 is 0 Å². The summed E-state index contributed by atoms with van der Waals surface area (Å²) in [4.78, 5) is 28.9. The van der Waals surface area contributed by atoms with Gasteiger partial charge in [-0.2, -0.15) is 0 Å². The Morgan fingerprint density at radius 2 is 1.54 bits per heavy atom. The van der Waals surface area contributed by atoms with Gasteiger partial charge in [0.05, 0.1) is 5.69 Å². The van der Waals surface area contributed by atoms with Gasteiger partial charge < -0.3 is 25.9 Å². The highest BCUT2D eigenvalue weighted by molar-refractivity contribution is 8.34. The number of Topliss-reactive ketones (excluding diaryl/α,β-unsaturated/α-hetero) is 1. The number of nitrogens with one attached hydrogen (secondary N) is 1. The Hall–Kier alpha value is -3.39. The third-order valence-corrected chi connectivity index (χ3v) is 11.3. The molecule has 5 N–H and O–H groups in total. The number of benzene rings is 2. The molecule has 3 aliphatic rings. The number of ketones is 1. The molecule has 0 unspecified atom stereocenters. The maximum absolute atomic E-state index is 13.0. The lowest BCUT2D eigenvalue weighted by Crippen LogP contribution is -2.46. The van der Waals surface area contributed by atoms with E-state index in [1.807, 2.05) is 36.4 Å². The fourth-order valence-electron chi connectivity index (χ4n) is 5.18. The quantitative estimate of drug-likeness (QED) is 0.245. The molecule has 184 valence electrons. The Bertz CT molecular complexity index is 1120. The monoisotopic (exact) mass is 493 g/mol. The summed E-state index contributed by atoms with van der Waals surface area (Å²) < 4.78 is 11.8. The van der Waals surface area contributed by atoms with Crippen molar-refractivity contribution >= 4 is 33.3 Å². The average molecular weight is 494 g/mol. The summed E-state index contributed by atoms with van der Waals surface area (Å²) >= 11 is 0. The van der Waals surface area contributed by atoms with Gasteiger partial charge in [0.2, 0.25) is 0 Å². The maximum atomic E-state index is 13.0. The van der Waals surface area contributed by atoms with Crippen LogP contribution in [0.2, 0.25) is 0 Å². The molecule has 0 saturated carbocycles. The number of fused-ring (bicyclic) bond motifs is 3.